The predicted molar refractivity (Wildman–Crippen MR) is 78.4 cm³/mol. The van der Waals surface area contributed by atoms with E-state index in [2.05, 4.69) is 10.6 Å². The van der Waals surface area contributed by atoms with E-state index in [1.807, 2.05) is 0 Å². The number of benzene rings is 2. The Balaban J connectivity index is 2.06. The Labute approximate surface area is 129 Å². The lowest BCUT2D eigenvalue weighted by molar-refractivity contribution is 0.0931. The molecule has 4 nitrogen and oxygen atoms in total. The molecule has 0 fully saturated rings. The van der Waals surface area contributed by atoms with Crippen molar-refractivity contribution in [3.63, 3.8) is 0 Å². The number of hydrogen-bond donors (Lipinski definition) is 3. The van der Waals surface area contributed by atoms with Crippen molar-refractivity contribution in [1.29, 1.82) is 0 Å². The summed E-state index contributed by atoms with van der Waals surface area (Å²) in [6.45, 7) is 0. The molecule has 2 aromatic carbocycles. The van der Waals surface area contributed by atoms with E-state index < -0.39 is 17.9 Å². The fraction of sp³-hybridized carbons (Fsp3) is 0.0714. The minimum Gasteiger partial charge on any atom is -0.506 e. The van der Waals surface area contributed by atoms with E-state index in [9.17, 15) is 14.3 Å². The highest BCUT2D eigenvalue weighted by atomic mass is 35.5. The standard InChI is InChI=1S/C14H9Cl2FN2O2/c15-6-4-7(12(20)8(16)5-6)13-18-10-3-1-2-9(17)11(10)14(21)19-13/h1-5,13,18,20H,(H,19,21)/t13-/m1/s1. The van der Waals surface area contributed by atoms with Crippen LogP contribution in [-0.2, 0) is 0 Å². The molecule has 1 aliphatic rings. The molecule has 2 aromatic rings. The number of nitrogens with one attached hydrogen (secondary N) is 2. The van der Waals surface area contributed by atoms with E-state index in [0.29, 0.717) is 16.3 Å². The molecule has 0 saturated heterocycles. The summed E-state index contributed by atoms with van der Waals surface area (Å²) in [6, 6.07) is 7.13. The van der Waals surface area contributed by atoms with Crippen LogP contribution in [0, 0.1) is 5.82 Å². The number of aromatic hydroxyl groups is 1. The first-order valence-corrected chi connectivity index (χ1v) is 6.77. The van der Waals surface area contributed by atoms with Crippen LogP contribution in [0.1, 0.15) is 22.1 Å². The van der Waals surface area contributed by atoms with Crippen LogP contribution >= 0.6 is 23.2 Å². The third kappa shape index (κ3) is 2.39. The molecule has 0 saturated carbocycles. The summed E-state index contributed by atoms with van der Waals surface area (Å²) in [5.41, 5.74) is 0.566. The lowest BCUT2D eigenvalue weighted by Gasteiger charge is -2.29. The Morgan fingerprint density at radius 2 is 1.95 bits per heavy atom. The van der Waals surface area contributed by atoms with Gasteiger partial charge in [0, 0.05) is 10.6 Å². The van der Waals surface area contributed by atoms with Gasteiger partial charge in [-0.25, -0.2) is 4.39 Å². The Morgan fingerprint density at radius 3 is 2.71 bits per heavy atom. The van der Waals surface area contributed by atoms with E-state index in [1.165, 1.54) is 24.3 Å². The molecule has 7 heteroatoms. The van der Waals surface area contributed by atoms with Gasteiger partial charge in [-0.3, -0.25) is 4.79 Å². The molecular formula is C14H9Cl2FN2O2. The van der Waals surface area contributed by atoms with Crippen molar-refractivity contribution < 1.29 is 14.3 Å². The molecule has 3 rings (SSSR count). The Morgan fingerprint density at radius 1 is 1.19 bits per heavy atom. The Kier molecular flexibility index (Phi) is 3.39. The minimum atomic E-state index is -0.761. The number of amides is 1. The molecule has 0 aromatic heterocycles. The smallest absolute Gasteiger partial charge is 0.258 e. The highest BCUT2D eigenvalue weighted by Crippen LogP contribution is 2.37. The molecule has 1 atom stereocenters. The van der Waals surface area contributed by atoms with E-state index >= 15 is 0 Å². The van der Waals surface area contributed by atoms with Gasteiger partial charge in [0.2, 0.25) is 0 Å². The second-order valence-electron chi connectivity index (χ2n) is 4.54. The van der Waals surface area contributed by atoms with Crippen molar-refractivity contribution in [2.45, 2.75) is 6.17 Å². The third-order valence-electron chi connectivity index (χ3n) is 3.18. The number of fused-ring (bicyclic) bond motifs is 1. The Hall–Kier alpha value is -1.98. The average Bonchev–Trinajstić information content (AvgIpc) is 2.42. The van der Waals surface area contributed by atoms with Gasteiger partial charge in [0.15, 0.2) is 0 Å². The highest BCUT2D eigenvalue weighted by Gasteiger charge is 2.29. The summed E-state index contributed by atoms with van der Waals surface area (Å²) in [7, 11) is 0. The van der Waals surface area contributed by atoms with Crippen LogP contribution in [0.2, 0.25) is 10.0 Å². The van der Waals surface area contributed by atoms with Crippen molar-refractivity contribution in [1.82, 2.24) is 5.32 Å². The molecule has 21 heavy (non-hydrogen) atoms. The summed E-state index contributed by atoms with van der Waals surface area (Å²) in [5.74, 6) is -1.40. The number of halogens is 3. The summed E-state index contributed by atoms with van der Waals surface area (Å²) in [6.07, 6.45) is -0.761. The van der Waals surface area contributed by atoms with E-state index in [4.69, 9.17) is 23.2 Å². The molecule has 0 bridgehead atoms. The summed E-state index contributed by atoms with van der Waals surface area (Å²) < 4.78 is 13.7. The number of phenols is 1. The topological polar surface area (TPSA) is 61.4 Å². The zero-order valence-corrected chi connectivity index (χ0v) is 12.0. The molecule has 1 heterocycles. The van der Waals surface area contributed by atoms with Gasteiger partial charge in [-0.05, 0) is 24.3 Å². The summed E-state index contributed by atoms with van der Waals surface area (Å²) in [5, 5.41) is 15.9. The average molecular weight is 327 g/mol. The molecule has 108 valence electrons. The molecule has 0 aliphatic carbocycles. The molecule has 0 radical (unpaired) electrons. The van der Waals surface area contributed by atoms with Gasteiger partial charge in [-0.15, -0.1) is 0 Å². The number of rotatable bonds is 1. The number of carbonyl (C=O) groups is 1. The minimum absolute atomic E-state index is 0.0681. The molecule has 1 aliphatic heterocycles. The van der Waals surface area contributed by atoms with Gasteiger partial charge in [-0.2, -0.15) is 0 Å². The first-order valence-electron chi connectivity index (χ1n) is 6.01. The zero-order valence-electron chi connectivity index (χ0n) is 10.5. The quantitative estimate of drug-likeness (QED) is 0.749. The fourth-order valence-electron chi connectivity index (χ4n) is 2.23. The monoisotopic (exact) mass is 326 g/mol. The number of carbonyl (C=O) groups excluding carboxylic acids is 1. The van der Waals surface area contributed by atoms with E-state index in [1.54, 1.807) is 6.07 Å². The second kappa shape index (κ2) is 5.09. The van der Waals surface area contributed by atoms with E-state index in [0.717, 1.165) is 0 Å². The Bertz CT molecular complexity index is 752. The van der Waals surface area contributed by atoms with Gasteiger partial charge in [0.25, 0.3) is 5.91 Å². The van der Waals surface area contributed by atoms with Crippen LogP contribution in [-0.4, -0.2) is 11.0 Å². The molecule has 1 amide bonds. The number of anilines is 1. The van der Waals surface area contributed by atoms with Gasteiger partial charge < -0.3 is 15.7 Å². The highest BCUT2D eigenvalue weighted by molar-refractivity contribution is 6.35. The fourth-order valence-corrected chi connectivity index (χ4v) is 2.74. The largest absolute Gasteiger partial charge is 0.506 e. The van der Waals surface area contributed by atoms with Crippen LogP contribution in [0.4, 0.5) is 10.1 Å². The van der Waals surface area contributed by atoms with Gasteiger partial charge >= 0.3 is 0 Å². The SMILES string of the molecule is O=C1N[C@H](c2cc(Cl)cc(Cl)c2O)Nc2cccc(F)c21. The summed E-state index contributed by atoms with van der Waals surface area (Å²) in [4.78, 5) is 12.0. The van der Waals surface area contributed by atoms with Gasteiger partial charge in [-0.1, -0.05) is 29.3 Å². The maximum atomic E-state index is 13.7. The maximum absolute atomic E-state index is 13.7. The number of hydrogen-bond acceptors (Lipinski definition) is 3. The van der Waals surface area contributed by atoms with Crippen molar-refractivity contribution in [2.24, 2.45) is 0 Å². The molecule has 3 N–H and O–H groups in total. The van der Waals surface area contributed by atoms with Crippen molar-refractivity contribution >= 4 is 34.8 Å². The maximum Gasteiger partial charge on any atom is 0.258 e. The lowest BCUT2D eigenvalue weighted by Crippen LogP contribution is -2.39. The van der Waals surface area contributed by atoms with Crippen LogP contribution in [0.15, 0.2) is 30.3 Å². The van der Waals surface area contributed by atoms with Crippen LogP contribution in [0.5, 0.6) is 5.75 Å². The summed E-state index contributed by atoms with van der Waals surface area (Å²) >= 11 is 11.8. The first-order chi connectivity index (χ1) is 9.97. The first kappa shape index (κ1) is 14.0. The normalized spacial score (nSPS) is 16.9. The lowest BCUT2D eigenvalue weighted by atomic mass is 10.0. The number of phenolic OH excluding ortho intramolecular Hbond substituents is 1. The van der Waals surface area contributed by atoms with Crippen molar-refractivity contribution in [3.8, 4) is 5.75 Å². The van der Waals surface area contributed by atoms with Crippen LogP contribution in [0.3, 0.4) is 0 Å². The van der Waals surface area contributed by atoms with E-state index in [-0.39, 0.29) is 16.3 Å². The molecule has 0 spiro atoms. The molecule has 0 unspecified atom stereocenters. The zero-order chi connectivity index (χ0) is 15.1. The van der Waals surface area contributed by atoms with Gasteiger partial charge in [0.05, 0.1) is 16.3 Å². The van der Waals surface area contributed by atoms with Gasteiger partial charge in [0.1, 0.15) is 17.7 Å². The van der Waals surface area contributed by atoms with Crippen molar-refractivity contribution in [2.75, 3.05) is 5.32 Å². The van der Waals surface area contributed by atoms with Crippen LogP contribution in [0.25, 0.3) is 0 Å². The van der Waals surface area contributed by atoms with Crippen LogP contribution < -0.4 is 10.6 Å². The third-order valence-corrected chi connectivity index (χ3v) is 3.69. The predicted octanol–water partition coefficient (Wildman–Crippen LogP) is 3.69. The van der Waals surface area contributed by atoms with Crippen molar-refractivity contribution in [3.05, 3.63) is 57.3 Å². The molecular weight excluding hydrogens is 318 g/mol. The second-order valence-corrected chi connectivity index (χ2v) is 5.38.